The predicted molar refractivity (Wildman–Crippen MR) is 250 cm³/mol. The normalized spacial score (nSPS) is 13.2. The van der Waals surface area contributed by atoms with Crippen LogP contribution in [0.1, 0.15) is 36.1 Å². The minimum Gasteiger partial charge on any atom is -0.310 e. The molecule has 2 aliphatic carbocycles. The molecular weight excluding hydrogens is 749 g/mol. The van der Waals surface area contributed by atoms with Gasteiger partial charge >= 0.3 is 0 Å². The van der Waals surface area contributed by atoms with Gasteiger partial charge in [-0.1, -0.05) is 153 Å². The molecule has 0 fully saturated rings. The van der Waals surface area contributed by atoms with Gasteiger partial charge in [0.1, 0.15) is 0 Å². The Kier molecular flexibility index (Phi) is 7.78. The molecule has 0 saturated heterocycles. The first-order chi connectivity index (χ1) is 29.5. The smallest absolute Gasteiger partial charge is 0.164 e. The lowest BCUT2D eigenvalue weighted by atomic mass is 9.82. The minimum atomic E-state index is -0.136. The second-order valence-electron chi connectivity index (χ2n) is 16.4. The van der Waals surface area contributed by atoms with Crippen molar-refractivity contribution in [1.82, 2.24) is 15.0 Å². The number of benzene rings is 8. The van der Waals surface area contributed by atoms with Gasteiger partial charge in [0.2, 0.25) is 0 Å². The molecule has 0 radical (unpaired) electrons. The molecule has 2 aromatic heterocycles. The van der Waals surface area contributed by atoms with Crippen molar-refractivity contribution in [2.24, 2.45) is 0 Å². The summed E-state index contributed by atoms with van der Waals surface area (Å²) in [6.45, 7) is 4.72. The zero-order valence-corrected chi connectivity index (χ0v) is 34.0. The number of aromatic nitrogens is 3. The SMILES string of the molecule is CC1(C)c2ccccc2-c2ccc(N(c3ccc4sc5cccc(-c6nc(-c7ccccc7)nc(-c7ccccc7)n6)c5c4c3)c3cccc4c3-c3ccccc3C4)cc21. The number of anilines is 3. The number of nitrogens with zero attached hydrogens (tertiary/aromatic N) is 4. The van der Waals surface area contributed by atoms with Crippen molar-refractivity contribution >= 4 is 48.6 Å². The third kappa shape index (κ3) is 5.39. The van der Waals surface area contributed by atoms with Gasteiger partial charge in [-0.3, -0.25) is 0 Å². The molecule has 284 valence electrons. The highest BCUT2D eigenvalue weighted by Crippen LogP contribution is 2.53. The van der Waals surface area contributed by atoms with E-state index in [4.69, 9.17) is 15.0 Å². The van der Waals surface area contributed by atoms with Crippen molar-refractivity contribution in [3.63, 3.8) is 0 Å². The molecule has 2 aliphatic rings. The number of rotatable bonds is 6. The molecule has 12 rings (SSSR count). The van der Waals surface area contributed by atoms with Crippen LogP contribution in [-0.2, 0) is 11.8 Å². The molecule has 0 bridgehead atoms. The third-order valence-electron chi connectivity index (χ3n) is 12.5. The van der Waals surface area contributed by atoms with E-state index in [2.05, 4.69) is 164 Å². The van der Waals surface area contributed by atoms with Gasteiger partial charge in [-0.2, -0.15) is 0 Å². The molecule has 60 heavy (non-hydrogen) atoms. The molecule has 5 heteroatoms. The van der Waals surface area contributed by atoms with Crippen LogP contribution in [0.2, 0.25) is 0 Å². The molecule has 0 N–H and O–H groups in total. The third-order valence-corrected chi connectivity index (χ3v) is 13.7. The molecule has 8 aromatic carbocycles. The molecular formula is C55H38N4S. The number of thiophene rings is 1. The highest BCUT2D eigenvalue weighted by molar-refractivity contribution is 7.26. The molecule has 0 amide bonds. The van der Waals surface area contributed by atoms with Crippen molar-refractivity contribution in [3.05, 3.63) is 204 Å². The molecule has 2 heterocycles. The van der Waals surface area contributed by atoms with E-state index in [9.17, 15) is 0 Å². The van der Waals surface area contributed by atoms with E-state index < -0.39 is 0 Å². The van der Waals surface area contributed by atoms with Gasteiger partial charge in [-0.05, 0) is 87.8 Å². The highest BCUT2D eigenvalue weighted by Gasteiger charge is 2.36. The Balaban J connectivity index is 1.09. The van der Waals surface area contributed by atoms with Crippen molar-refractivity contribution < 1.29 is 0 Å². The van der Waals surface area contributed by atoms with Crippen LogP contribution >= 0.6 is 11.3 Å². The van der Waals surface area contributed by atoms with E-state index >= 15 is 0 Å². The van der Waals surface area contributed by atoms with E-state index in [1.165, 1.54) is 65.0 Å². The van der Waals surface area contributed by atoms with Gasteiger partial charge in [0.25, 0.3) is 0 Å². The fourth-order valence-electron chi connectivity index (χ4n) is 9.68. The predicted octanol–water partition coefficient (Wildman–Crippen LogP) is 14.6. The molecule has 0 atom stereocenters. The van der Waals surface area contributed by atoms with E-state index in [0.717, 1.165) is 39.9 Å². The van der Waals surface area contributed by atoms with Crippen molar-refractivity contribution in [2.75, 3.05) is 4.90 Å². The van der Waals surface area contributed by atoms with Gasteiger partial charge in [0, 0.05) is 59.2 Å². The molecule has 0 saturated carbocycles. The van der Waals surface area contributed by atoms with Crippen molar-refractivity contribution in [2.45, 2.75) is 25.7 Å². The lowest BCUT2D eigenvalue weighted by Crippen LogP contribution is -2.17. The van der Waals surface area contributed by atoms with E-state index in [0.29, 0.717) is 17.5 Å². The average Bonchev–Trinajstić information content (AvgIpc) is 3.95. The summed E-state index contributed by atoms with van der Waals surface area (Å²) in [5, 5.41) is 2.33. The first kappa shape index (κ1) is 34.8. The summed E-state index contributed by atoms with van der Waals surface area (Å²) in [5.41, 5.74) is 16.9. The average molecular weight is 787 g/mol. The van der Waals surface area contributed by atoms with Gasteiger partial charge in [-0.15, -0.1) is 11.3 Å². The number of hydrogen-bond donors (Lipinski definition) is 0. The lowest BCUT2D eigenvalue weighted by Gasteiger charge is -2.30. The van der Waals surface area contributed by atoms with Gasteiger partial charge in [0.15, 0.2) is 17.5 Å². The quantitative estimate of drug-likeness (QED) is 0.168. The molecule has 4 nitrogen and oxygen atoms in total. The fraction of sp³-hybridized carbons (Fsp3) is 0.0727. The Morgan fingerprint density at radius 2 is 1.07 bits per heavy atom. The van der Waals surface area contributed by atoms with Gasteiger partial charge < -0.3 is 4.90 Å². The Labute approximate surface area is 353 Å². The Hall–Kier alpha value is -7.21. The second kappa shape index (κ2) is 13.4. The van der Waals surface area contributed by atoms with Crippen molar-refractivity contribution in [1.29, 1.82) is 0 Å². The van der Waals surface area contributed by atoms with E-state index in [1.54, 1.807) is 0 Å². The summed E-state index contributed by atoms with van der Waals surface area (Å²) < 4.78 is 2.41. The van der Waals surface area contributed by atoms with E-state index in [1.807, 2.05) is 47.7 Å². The maximum Gasteiger partial charge on any atom is 0.164 e. The number of fused-ring (bicyclic) bond motifs is 9. The van der Waals surface area contributed by atoms with Crippen LogP contribution in [-0.4, -0.2) is 15.0 Å². The van der Waals surface area contributed by atoms with Crippen LogP contribution in [0, 0.1) is 0 Å². The molecule has 10 aromatic rings. The summed E-state index contributed by atoms with van der Waals surface area (Å²) in [4.78, 5) is 17.9. The van der Waals surface area contributed by atoms with Gasteiger partial charge in [0.05, 0.1) is 5.69 Å². The lowest BCUT2D eigenvalue weighted by molar-refractivity contribution is 0.660. The summed E-state index contributed by atoms with van der Waals surface area (Å²) in [6.07, 6.45) is 0.930. The standard InChI is InChI=1S/C55H38N4S/c1-55(2)45-24-12-11-22-41(45)42-29-27-39(33-46(42)55)59(47-25-13-20-37-31-36-19-9-10-21-40(36)50(37)47)38-28-30-48-44(32-38)51-43(23-14-26-49(51)60-48)54-57-52(34-15-5-3-6-16-34)56-53(58-54)35-17-7-4-8-18-35/h3-30,32-33H,31H2,1-2H3. The van der Waals surface area contributed by atoms with Crippen LogP contribution in [0.4, 0.5) is 17.1 Å². The summed E-state index contributed by atoms with van der Waals surface area (Å²) in [7, 11) is 0. The summed E-state index contributed by atoms with van der Waals surface area (Å²) in [6, 6.07) is 65.6. The highest BCUT2D eigenvalue weighted by atomic mass is 32.1. The zero-order valence-electron chi connectivity index (χ0n) is 33.2. The topological polar surface area (TPSA) is 41.9 Å². The Morgan fingerprint density at radius 1 is 0.467 bits per heavy atom. The first-order valence-corrected chi connectivity index (χ1v) is 21.4. The van der Waals surface area contributed by atoms with Gasteiger partial charge in [-0.25, -0.2) is 15.0 Å². The molecule has 0 unspecified atom stereocenters. The Morgan fingerprint density at radius 3 is 1.85 bits per heavy atom. The van der Waals surface area contributed by atoms with Crippen LogP contribution in [0.5, 0.6) is 0 Å². The minimum absolute atomic E-state index is 0.136. The monoisotopic (exact) mass is 786 g/mol. The largest absolute Gasteiger partial charge is 0.310 e. The first-order valence-electron chi connectivity index (χ1n) is 20.6. The fourth-order valence-corrected chi connectivity index (χ4v) is 10.8. The summed E-state index contributed by atoms with van der Waals surface area (Å²) >= 11 is 1.81. The maximum absolute atomic E-state index is 5.19. The van der Waals surface area contributed by atoms with Crippen LogP contribution in [0.3, 0.4) is 0 Å². The van der Waals surface area contributed by atoms with Crippen LogP contribution < -0.4 is 4.90 Å². The van der Waals surface area contributed by atoms with Crippen LogP contribution in [0.25, 0.3) is 76.6 Å². The second-order valence-corrected chi connectivity index (χ2v) is 17.5. The number of hydrogen-bond acceptors (Lipinski definition) is 5. The summed E-state index contributed by atoms with van der Waals surface area (Å²) in [5.74, 6) is 1.97. The Bertz CT molecular complexity index is 3270. The molecule has 0 spiro atoms. The van der Waals surface area contributed by atoms with E-state index in [-0.39, 0.29) is 5.41 Å². The zero-order chi connectivity index (χ0) is 40.0. The van der Waals surface area contributed by atoms with Crippen LogP contribution in [0.15, 0.2) is 182 Å². The molecule has 0 aliphatic heterocycles. The maximum atomic E-state index is 5.19. The van der Waals surface area contributed by atoms with Crippen molar-refractivity contribution in [3.8, 4) is 56.4 Å².